The van der Waals surface area contributed by atoms with Gasteiger partial charge in [0.1, 0.15) is 0 Å². The van der Waals surface area contributed by atoms with Gasteiger partial charge < -0.3 is 0 Å². The Labute approximate surface area is 82.8 Å². The maximum atomic E-state index is 4.97. The van der Waals surface area contributed by atoms with Gasteiger partial charge in [0.25, 0.3) is 0 Å². The van der Waals surface area contributed by atoms with Crippen LogP contribution in [0.4, 0.5) is 0 Å². The lowest BCUT2D eigenvalue weighted by atomic mass is 10.2. The second-order valence-electron chi connectivity index (χ2n) is 1.81. The third kappa shape index (κ3) is 3.71. The Hall–Kier alpha value is 0.620. The average molecular weight is 208 g/mol. The molecule has 0 aromatic rings. The molecule has 0 N–H and O–H groups in total. The van der Waals surface area contributed by atoms with Gasteiger partial charge in [0.2, 0.25) is 0 Å². The van der Waals surface area contributed by atoms with Crippen LogP contribution in [0.5, 0.6) is 0 Å². The Bertz CT molecular complexity index is 171. The van der Waals surface area contributed by atoms with Crippen LogP contribution in [0.1, 0.15) is 19.8 Å². The molecule has 0 unspecified atom stereocenters. The Morgan fingerprint density at radius 2 is 1.80 bits per heavy atom. The molecule has 0 saturated carbocycles. The average Bonchev–Trinajstić information content (AvgIpc) is 1.87. The number of rotatable bonds is 4. The minimum Gasteiger partial charge on any atom is -0.130 e. The first-order chi connectivity index (χ1) is 4.59. The van der Waals surface area contributed by atoms with Gasteiger partial charge in [-0.1, -0.05) is 50.0 Å². The summed E-state index contributed by atoms with van der Waals surface area (Å²) in [7, 11) is 0. The van der Waals surface area contributed by atoms with Gasteiger partial charge in [0.15, 0.2) is 0 Å². The predicted molar refractivity (Wildman–Crippen MR) is 61.7 cm³/mol. The van der Waals surface area contributed by atoms with Crippen molar-refractivity contribution in [3.8, 4) is 0 Å². The number of hydrogen-bond acceptors (Lipinski definition) is 3. The molecule has 0 radical (unpaired) electrons. The van der Waals surface area contributed by atoms with Gasteiger partial charge in [-0.2, -0.15) is 0 Å². The summed E-state index contributed by atoms with van der Waals surface area (Å²) in [5, 5.41) is 0. The molecular weight excluding hydrogens is 200 g/mol. The number of thiocarbonyl (C=S) groups is 3. The second kappa shape index (κ2) is 5.29. The Balaban J connectivity index is 3.96. The fourth-order valence-electron chi connectivity index (χ4n) is 0.460. The fraction of sp³-hybridized carbons (Fsp3) is 0.500. The molecule has 0 atom stereocenters. The maximum Gasteiger partial charge on any atom is 0.0867 e. The molecule has 0 aromatic heterocycles. The molecule has 0 aliphatic rings. The predicted octanol–water partition coefficient (Wildman–Crippen LogP) is 2.78. The molecule has 0 saturated heterocycles. The van der Waals surface area contributed by atoms with Gasteiger partial charge in [0, 0.05) is 4.86 Å². The van der Waals surface area contributed by atoms with Crippen LogP contribution in [0.15, 0.2) is 0 Å². The molecule has 4 heteroatoms. The largest absolute Gasteiger partial charge is 0.130 e. The van der Waals surface area contributed by atoms with E-state index in [4.69, 9.17) is 36.7 Å². The summed E-state index contributed by atoms with van der Waals surface area (Å²) in [5.41, 5.74) is 0. The van der Waals surface area contributed by atoms with E-state index >= 15 is 0 Å². The van der Waals surface area contributed by atoms with E-state index in [-0.39, 0.29) is 0 Å². The first-order valence-corrected chi connectivity index (χ1v) is 4.57. The molecule has 0 nitrogen and oxygen atoms in total. The second-order valence-corrected chi connectivity index (χ2v) is 3.87. The van der Waals surface area contributed by atoms with Gasteiger partial charge in [-0.15, -0.1) is 12.6 Å². The lowest BCUT2D eigenvalue weighted by molar-refractivity contribution is 1.01. The lowest BCUT2D eigenvalue weighted by Crippen LogP contribution is -2.13. The van der Waals surface area contributed by atoms with Crippen molar-refractivity contribution in [2.45, 2.75) is 19.8 Å². The van der Waals surface area contributed by atoms with Crippen LogP contribution >= 0.6 is 49.3 Å². The molecule has 0 aliphatic carbocycles. The van der Waals surface area contributed by atoms with E-state index in [9.17, 15) is 0 Å². The summed E-state index contributed by atoms with van der Waals surface area (Å²) in [5.74, 6) is 0. The van der Waals surface area contributed by atoms with Crippen LogP contribution in [0.2, 0.25) is 0 Å². The molecule has 56 valence electrons. The van der Waals surface area contributed by atoms with Gasteiger partial charge >= 0.3 is 0 Å². The summed E-state index contributed by atoms with van der Waals surface area (Å²) in [6.07, 6.45) is 1.85. The summed E-state index contributed by atoms with van der Waals surface area (Å²) in [6.45, 7) is 2.05. The summed E-state index contributed by atoms with van der Waals surface area (Å²) in [4.78, 5) is 1.33. The highest BCUT2D eigenvalue weighted by Gasteiger charge is 2.04. The maximum absolute atomic E-state index is 4.97. The molecule has 10 heavy (non-hydrogen) atoms. The van der Waals surface area contributed by atoms with Gasteiger partial charge in [-0.25, -0.2) is 0 Å². The highest BCUT2D eigenvalue weighted by atomic mass is 32.1. The molecular formula is C6H8S4. The van der Waals surface area contributed by atoms with Crippen molar-refractivity contribution in [2.24, 2.45) is 0 Å². The minimum absolute atomic E-state index is 0.438. The highest BCUT2D eigenvalue weighted by molar-refractivity contribution is 8.17. The van der Waals surface area contributed by atoms with E-state index in [1.165, 1.54) is 0 Å². The normalized spacial score (nSPS) is 9.00. The van der Waals surface area contributed by atoms with Crippen LogP contribution in [-0.2, 0) is 0 Å². The van der Waals surface area contributed by atoms with Crippen molar-refractivity contribution in [2.75, 3.05) is 0 Å². The van der Waals surface area contributed by atoms with Crippen molar-refractivity contribution in [3.05, 3.63) is 0 Å². The molecule has 0 aliphatic heterocycles. The van der Waals surface area contributed by atoms with E-state index in [1.807, 2.05) is 0 Å². The van der Waals surface area contributed by atoms with Crippen molar-refractivity contribution in [1.82, 2.24) is 0 Å². The van der Waals surface area contributed by atoms with Gasteiger partial charge in [0.05, 0.1) is 9.06 Å². The fourth-order valence-corrected chi connectivity index (χ4v) is 1.27. The van der Waals surface area contributed by atoms with Crippen LogP contribution < -0.4 is 0 Å². The number of hydrogen-bond donors (Lipinski definition) is 1. The Morgan fingerprint density at radius 1 is 1.30 bits per heavy atom. The molecule has 0 bridgehead atoms. The zero-order valence-corrected chi connectivity index (χ0v) is 8.93. The van der Waals surface area contributed by atoms with Crippen molar-refractivity contribution < 1.29 is 0 Å². The molecule has 0 heterocycles. The first-order valence-electron chi connectivity index (χ1n) is 2.90. The van der Waals surface area contributed by atoms with Gasteiger partial charge in [-0.05, 0) is 6.42 Å². The molecule has 0 aromatic carbocycles. The van der Waals surface area contributed by atoms with E-state index in [2.05, 4.69) is 19.6 Å². The van der Waals surface area contributed by atoms with E-state index in [0.29, 0.717) is 9.06 Å². The third-order valence-corrected chi connectivity index (χ3v) is 2.62. The van der Waals surface area contributed by atoms with Crippen molar-refractivity contribution in [1.29, 1.82) is 0 Å². The summed E-state index contributed by atoms with van der Waals surface area (Å²) >= 11 is 18.6. The third-order valence-electron chi connectivity index (χ3n) is 0.925. The molecule has 0 rings (SSSR count). The van der Waals surface area contributed by atoms with Crippen LogP contribution in [0.3, 0.4) is 0 Å². The van der Waals surface area contributed by atoms with E-state index in [0.717, 1.165) is 17.7 Å². The van der Waals surface area contributed by atoms with E-state index in [1.54, 1.807) is 0 Å². The lowest BCUT2D eigenvalue weighted by Gasteiger charge is -1.99. The number of thiol groups is 1. The smallest absolute Gasteiger partial charge is 0.0867 e. The standard InChI is InChI=1S/C6H8S4/c1-2-3-4(7)5(8)6(9)10/h2-3H2,1H3,(H,9,10). The Kier molecular flexibility index (Phi) is 5.62. The molecule has 0 amide bonds. The van der Waals surface area contributed by atoms with Gasteiger partial charge in [-0.3, -0.25) is 0 Å². The SMILES string of the molecule is CCCC(=S)C(=S)C(=S)S. The topological polar surface area (TPSA) is 0 Å². The quantitative estimate of drug-likeness (QED) is 0.558. The van der Waals surface area contributed by atoms with E-state index < -0.39 is 0 Å². The van der Waals surface area contributed by atoms with Crippen LogP contribution in [0.25, 0.3) is 0 Å². The van der Waals surface area contributed by atoms with Crippen molar-refractivity contribution >= 4 is 63.2 Å². The summed E-state index contributed by atoms with van der Waals surface area (Å²) < 4.78 is 0.438. The molecule has 0 spiro atoms. The molecule has 0 fully saturated rings. The minimum atomic E-state index is 0.438. The zero-order valence-electron chi connectivity index (χ0n) is 5.59. The highest BCUT2D eigenvalue weighted by Crippen LogP contribution is 2.00. The Morgan fingerprint density at radius 3 is 2.10 bits per heavy atom. The van der Waals surface area contributed by atoms with Crippen LogP contribution in [0, 0.1) is 0 Å². The zero-order chi connectivity index (χ0) is 8.15. The monoisotopic (exact) mass is 208 g/mol. The summed E-state index contributed by atoms with van der Waals surface area (Å²) in [6, 6.07) is 0. The first kappa shape index (κ1) is 10.6. The van der Waals surface area contributed by atoms with Crippen LogP contribution in [-0.4, -0.2) is 13.9 Å². The van der Waals surface area contributed by atoms with Crippen molar-refractivity contribution in [3.63, 3.8) is 0 Å².